The van der Waals surface area contributed by atoms with Crippen molar-refractivity contribution < 1.29 is 4.74 Å². The van der Waals surface area contributed by atoms with Crippen LogP contribution in [0.5, 0.6) is 0 Å². The molecule has 2 N–H and O–H groups in total. The van der Waals surface area contributed by atoms with Crippen molar-refractivity contribution >= 4 is 5.69 Å². The molecule has 2 heterocycles. The van der Waals surface area contributed by atoms with Gasteiger partial charge in [0.25, 0.3) is 0 Å². The van der Waals surface area contributed by atoms with E-state index in [9.17, 15) is 0 Å². The molecule has 2 rings (SSSR count). The molecule has 2 unspecified atom stereocenters. The highest BCUT2D eigenvalue weighted by Gasteiger charge is 2.30. The maximum Gasteiger partial charge on any atom is 0.114 e. The van der Waals surface area contributed by atoms with Gasteiger partial charge >= 0.3 is 0 Å². The Hall–Kier alpha value is -1.13. The van der Waals surface area contributed by atoms with E-state index in [1.54, 1.807) is 13.3 Å². The van der Waals surface area contributed by atoms with Crippen LogP contribution in [0, 0.1) is 6.20 Å². The van der Waals surface area contributed by atoms with Crippen molar-refractivity contribution in [3.63, 3.8) is 0 Å². The van der Waals surface area contributed by atoms with E-state index in [2.05, 4.69) is 16.1 Å². The predicted molar refractivity (Wildman–Crippen MR) is 54.1 cm³/mol. The molecule has 1 aromatic rings. The Morgan fingerprint density at radius 2 is 2.50 bits per heavy atom. The average molecular weight is 192 g/mol. The third kappa shape index (κ3) is 1.71. The number of pyridine rings is 1. The standard InChI is InChI=1S/C10H14N3O/c1-14-10-7-13(6-9(10)11)8-3-2-4-12-5-8/h2-4,9-10H,6-7,11H2,1H3. The van der Waals surface area contributed by atoms with E-state index in [-0.39, 0.29) is 12.1 Å². The van der Waals surface area contributed by atoms with Crippen molar-refractivity contribution in [3.8, 4) is 0 Å². The van der Waals surface area contributed by atoms with Gasteiger partial charge in [-0.05, 0) is 12.1 Å². The molecule has 1 fully saturated rings. The second-order valence-electron chi connectivity index (χ2n) is 3.48. The van der Waals surface area contributed by atoms with Crippen molar-refractivity contribution in [1.29, 1.82) is 0 Å². The van der Waals surface area contributed by atoms with Crippen LogP contribution in [0.3, 0.4) is 0 Å². The Morgan fingerprint density at radius 1 is 1.64 bits per heavy atom. The maximum absolute atomic E-state index is 5.92. The summed E-state index contributed by atoms with van der Waals surface area (Å²) in [5.41, 5.74) is 6.90. The van der Waals surface area contributed by atoms with Gasteiger partial charge < -0.3 is 15.4 Å². The van der Waals surface area contributed by atoms with E-state index in [0.29, 0.717) is 0 Å². The first kappa shape index (κ1) is 9.43. The van der Waals surface area contributed by atoms with Gasteiger partial charge in [0.2, 0.25) is 0 Å². The molecule has 75 valence electrons. The topological polar surface area (TPSA) is 51.4 Å². The number of hydrogen-bond acceptors (Lipinski definition) is 4. The lowest BCUT2D eigenvalue weighted by atomic mass is 10.2. The van der Waals surface area contributed by atoms with Crippen LogP contribution in [0.15, 0.2) is 18.3 Å². The van der Waals surface area contributed by atoms with E-state index in [4.69, 9.17) is 10.5 Å². The van der Waals surface area contributed by atoms with Gasteiger partial charge in [0.1, 0.15) is 6.20 Å². The van der Waals surface area contributed by atoms with Gasteiger partial charge in [-0.3, -0.25) is 4.98 Å². The first-order chi connectivity index (χ1) is 6.81. The zero-order valence-electron chi connectivity index (χ0n) is 8.18. The fourth-order valence-corrected chi connectivity index (χ4v) is 1.74. The quantitative estimate of drug-likeness (QED) is 0.719. The molecule has 0 aliphatic carbocycles. The van der Waals surface area contributed by atoms with Crippen LogP contribution < -0.4 is 10.6 Å². The van der Waals surface area contributed by atoms with Gasteiger partial charge in [0.05, 0.1) is 17.8 Å². The number of nitrogens with two attached hydrogens (primary N) is 1. The summed E-state index contributed by atoms with van der Waals surface area (Å²) in [4.78, 5) is 6.10. The minimum Gasteiger partial charge on any atom is -0.378 e. The molecule has 0 spiro atoms. The van der Waals surface area contributed by atoms with Gasteiger partial charge in [-0.1, -0.05) is 0 Å². The summed E-state index contributed by atoms with van der Waals surface area (Å²) in [6.07, 6.45) is 4.77. The summed E-state index contributed by atoms with van der Waals surface area (Å²) >= 11 is 0. The van der Waals surface area contributed by atoms with Crippen LogP contribution in [-0.4, -0.2) is 37.3 Å². The van der Waals surface area contributed by atoms with E-state index in [0.717, 1.165) is 18.8 Å². The fourth-order valence-electron chi connectivity index (χ4n) is 1.74. The van der Waals surface area contributed by atoms with Gasteiger partial charge in [-0.15, -0.1) is 0 Å². The molecule has 1 radical (unpaired) electrons. The first-order valence-corrected chi connectivity index (χ1v) is 4.67. The first-order valence-electron chi connectivity index (χ1n) is 4.67. The molecule has 14 heavy (non-hydrogen) atoms. The van der Waals surface area contributed by atoms with Gasteiger partial charge in [-0.25, -0.2) is 0 Å². The fraction of sp³-hybridized carbons (Fsp3) is 0.500. The molecule has 0 bridgehead atoms. The van der Waals surface area contributed by atoms with Crippen LogP contribution in [0.25, 0.3) is 0 Å². The third-order valence-electron chi connectivity index (χ3n) is 2.55. The zero-order chi connectivity index (χ0) is 9.97. The highest BCUT2D eigenvalue weighted by molar-refractivity contribution is 5.44. The monoisotopic (exact) mass is 192 g/mol. The summed E-state index contributed by atoms with van der Waals surface area (Å²) in [6.45, 7) is 1.63. The van der Waals surface area contributed by atoms with Crippen molar-refractivity contribution in [1.82, 2.24) is 4.98 Å². The summed E-state index contributed by atoms with van der Waals surface area (Å²) < 4.78 is 5.27. The average Bonchev–Trinajstić information content (AvgIpc) is 2.61. The van der Waals surface area contributed by atoms with Crippen molar-refractivity contribution in [2.24, 2.45) is 5.73 Å². The zero-order valence-corrected chi connectivity index (χ0v) is 8.18. The molecule has 1 saturated heterocycles. The number of aromatic nitrogens is 1. The number of ether oxygens (including phenoxy) is 1. The second kappa shape index (κ2) is 3.94. The molecule has 0 saturated carbocycles. The molecular formula is C10H14N3O. The summed E-state index contributed by atoms with van der Waals surface area (Å²) in [5, 5.41) is 0. The maximum atomic E-state index is 5.92. The Balaban J connectivity index is 2.09. The smallest absolute Gasteiger partial charge is 0.114 e. The molecule has 1 aromatic heterocycles. The normalized spacial score (nSPS) is 26.9. The number of rotatable bonds is 2. The largest absolute Gasteiger partial charge is 0.378 e. The minimum absolute atomic E-state index is 0.0774. The van der Waals surface area contributed by atoms with Crippen LogP contribution in [0.2, 0.25) is 0 Å². The molecule has 2 atom stereocenters. The van der Waals surface area contributed by atoms with Gasteiger partial charge in [0.15, 0.2) is 0 Å². The van der Waals surface area contributed by atoms with E-state index in [1.807, 2.05) is 12.1 Å². The van der Waals surface area contributed by atoms with Crippen molar-refractivity contribution in [3.05, 3.63) is 24.5 Å². The molecular weight excluding hydrogens is 178 g/mol. The van der Waals surface area contributed by atoms with Crippen molar-refractivity contribution in [2.45, 2.75) is 12.1 Å². The van der Waals surface area contributed by atoms with Crippen LogP contribution in [0.1, 0.15) is 0 Å². The Kier molecular flexibility index (Phi) is 2.65. The Labute approximate surface area is 83.7 Å². The van der Waals surface area contributed by atoms with Gasteiger partial charge in [0, 0.05) is 26.4 Å². The van der Waals surface area contributed by atoms with Crippen LogP contribution in [0.4, 0.5) is 5.69 Å². The molecule has 4 heteroatoms. The van der Waals surface area contributed by atoms with Gasteiger partial charge in [-0.2, -0.15) is 0 Å². The Bertz CT molecular complexity index is 291. The molecule has 1 aliphatic heterocycles. The van der Waals surface area contributed by atoms with E-state index < -0.39 is 0 Å². The van der Waals surface area contributed by atoms with E-state index >= 15 is 0 Å². The number of hydrogen-bond donors (Lipinski definition) is 1. The lowest BCUT2D eigenvalue weighted by Crippen LogP contribution is -2.34. The predicted octanol–water partition coefficient (Wildman–Crippen LogP) is 0.0441. The van der Waals surface area contributed by atoms with E-state index in [1.165, 1.54) is 0 Å². The Morgan fingerprint density at radius 3 is 3.07 bits per heavy atom. The van der Waals surface area contributed by atoms with Crippen LogP contribution in [-0.2, 0) is 4.74 Å². The summed E-state index contributed by atoms with van der Waals surface area (Å²) in [5.74, 6) is 0. The highest BCUT2D eigenvalue weighted by Crippen LogP contribution is 2.19. The lowest BCUT2D eigenvalue weighted by Gasteiger charge is -2.16. The molecule has 0 amide bonds. The third-order valence-corrected chi connectivity index (χ3v) is 2.55. The number of anilines is 1. The second-order valence-corrected chi connectivity index (χ2v) is 3.48. The minimum atomic E-state index is 0.0774. The SMILES string of the molecule is COC1CN(c2[c]nccc2)CC1N. The summed E-state index contributed by atoms with van der Waals surface area (Å²) in [7, 11) is 1.70. The molecule has 4 nitrogen and oxygen atoms in total. The van der Waals surface area contributed by atoms with Crippen LogP contribution >= 0.6 is 0 Å². The molecule has 0 aromatic carbocycles. The molecule has 1 aliphatic rings. The number of nitrogens with zero attached hydrogens (tertiary/aromatic N) is 2. The van der Waals surface area contributed by atoms with Crippen molar-refractivity contribution in [2.75, 3.05) is 25.1 Å². The lowest BCUT2D eigenvalue weighted by molar-refractivity contribution is 0.108. The summed E-state index contributed by atoms with van der Waals surface area (Å²) in [6, 6.07) is 3.96. The highest BCUT2D eigenvalue weighted by atomic mass is 16.5. The number of methoxy groups -OCH3 is 1.